The van der Waals surface area contributed by atoms with Gasteiger partial charge in [0.2, 0.25) is 0 Å². The van der Waals surface area contributed by atoms with Gasteiger partial charge in [0.15, 0.2) is 11.6 Å². The lowest BCUT2D eigenvalue weighted by atomic mass is 10.1. The molecule has 2 aromatic heterocycles. The summed E-state index contributed by atoms with van der Waals surface area (Å²) in [5.41, 5.74) is 1.21. The quantitative estimate of drug-likeness (QED) is 0.445. The van der Waals surface area contributed by atoms with Crippen LogP contribution in [0, 0.1) is 6.92 Å². The van der Waals surface area contributed by atoms with Crippen molar-refractivity contribution in [1.82, 2.24) is 14.3 Å². The number of hydrogen-bond acceptors (Lipinski definition) is 9. The normalized spacial score (nSPS) is 13.5. The van der Waals surface area contributed by atoms with Crippen LogP contribution in [-0.2, 0) is 36.1 Å². The lowest BCUT2D eigenvalue weighted by Gasteiger charge is -2.09. The molecule has 2 heterocycles. The van der Waals surface area contributed by atoms with Crippen LogP contribution >= 0.6 is 11.3 Å². The zero-order chi connectivity index (χ0) is 24.2. The molecule has 0 bridgehead atoms. The molecule has 2 aromatic rings. The number of nitrogens with one attached hydrogen (secondary N) is 2. The van der Waals surface area contributed by atoms with Gasteiger partial charge >= 0.3 is 11.9 Å². The van der Waals surface area contributed by atoms with Gasteiger partial charge in [-0.25, -0.2) is 22.9 Å². The Balaban J connectivity index is 1.47. The molecular weight excluding hydrogens is 472 g/mol. The number of amides is 1. The average molecular weight is 499 g/mol. The number of rotatable bonds is 11. The predicted molar refractivity (Wildman–Crippen MR) is 120 cm³/mol. The van der Waals surface area contributed by atoms with Crippen molar-refractivity contribution in [3.05, 3.63) is 28.5 Å². The van der Waals surface area contributed by atoms with Gasteiger partial charge in [-0.3, -0.25) is 9.59 Å². The summed E-state index contributed by atoms with van der Waals surface area (Å²) in [6, 6.07) is 0. The Kier molecular flexibility index (Phi) is 7.87. The molecule has 0 aromatic carbocycles. The van der Waals surface area contributed by atoms with E-state index in [1.54, 1.807) is 25.5 Å². The van der Waals surface area contributed by atoms with Crippen LogP contribution in [0.5, 0.6) is 0 Å². The van der Waals surface area contributed by atoms with Gasteiger partial charge in [-0.05, 0) is 43.6 Å². The van der Waals surface area contributed by atoms with Crippen molar-refractivity contribution < 1.29 is 32.3 Å². The molecule has 11 nitrogen and oxygen atoms in total. The molecule has 0 unspecified atom stereocenters. The minimum atomic E-state index is -3.86. The number of esters is 2. The SMILES string of the molecule is CCOC(=O)c1c(C2CC2)csc1NC(=O)COC(=O)CCNS(=O)(=O)c1cn(C)c(C)n1. The third-order valence-corrected chi connectivity index (χ3v) is 7.16. The van der Waals surface area contributed by atoms with Crippen LogP contribution in [0.2, 0.25) is 0 Å². The number of anilines is 1. The Morgan fingerprint density at radius 2 is 2.00 bits per heavy atom. The number of carbonyl (C=O) groups is 3. The summed E-state index contributed by atoms with van der Waals surface area (Å²) in [7, 11) is -2.19. The summed E-state index contributed by atoms with van der Waals surface area (Å²) in [4.78, 5) is 40.4. The van der Waals surface area contributed by atoms with Gasteiger partial charge in [-0.15, -0.1) is 11.3 Å². The Morgan fingerprint density at radius 3 is 2.61 bits per heavy atom. The molecule has 13 heteroatoms. The van der Waals surface area contributed by atoms with Gasteiger partial charge in [0.1, 0.15) is 10.8 Å². The second-order valence-corrected chi connectivity index (χ2v) is 10.1. The average Bonchev–Trinajstić information content (AvgIpc) is 3.42. The van der Waals surface area contributed by atoms with Crippen molar-refractivity contribution in [2.75, 3.05) is 25.1 Å². The molecule has 180 valence electrons. The van der Waals surface area contributed by atoms with Gasteiger partial charge in [-0.2, -0.15) is 0 Å². The van der Waals surface area contributed by atoms with Crippen LogP contribution in [0.4, 0.5) is 5.00 Å². The molecule has 2 N–H and O–H groups in total. The van der Waals surface area contributed by atoms with Gasteiger partial charge in [0.25, 0.3) is 15.9 Å². The van der Waals surface area contributed by atoms with Gasteiger partial charge < -0.3 is 19.4 Å². The number of thiophene rings is 1. The van der Waals surface area contributed by atoms with E-state index in [1.807, 2.05) is 5.38 Å². The topological polar surface area (TPSA) is 146 Å². The van der Waals surface area contributed by atoms with Crippen molar-refractivity contribution >= 4 is 44.2 Å². The first-order valence-electron chi connectivity index (χ1n) is 10.4. The summed E-state index contributed by atoms with van der Waals surface area (Å²) in [6.07, 6.45) is 3.07. The van der Waals surface area contributed by atoms with Crippen LogP contribution < -0.4 is 10.0 Å². The molecule has 0 atom stereocenters. The zero-order valence-corrected chi connectivity index (χ0v) is 20.2. The summed E-state index contributed by atoms with van der Waals surface area (Å²) in [5.74, 6) is -1.03. The number of aromatic nitrogens is 2. The van der Waals surface area contributed by atoms with Crippen molar-refractivity contribution in [3.8, 4) is 0 Å². The van der Waals surface area contributed by atoms with Crippen LogP contribution in [0.25, 0.3) is 0 Å². The molecule has 0 saturated heterocycles. The summed E-state index contributed by atoms with van der Waals surface area (Å²) in [5, 5.41) is 4.64. The van der Waals surface area contributed by atoms with Crippen molar-refractivity contribution in [1.29, 1.82) is 0 Å². The maximum atomic E-state index is 12.3. The molecule has 0 aliphatic heterocycles. The monoisotopic (exact) mass is 498 g/mol. The molecular formula is C20H26N4O7S2. The minimum Gasteiger partial charge on any atom is -0.462 e. The van der Waals surface area contributed by atoms with Gasteiger partial charge in [-0.1, -0.05) is 0 Å². The molecule has 1 aliphatic rings. The smallest absolute Gasteiger partial charge is 0.341 e. The third-order valence-electron chi connectivity index (χ3n) is 4.92. The predicted octanol–water partition coefficient (Wildman–Crippen LogP) is 1.69. The molecule has 1 amide bonds. The number of carbonyl (C=O) groups excluding carboxylic acids is 3. The Morgan fingerprint density at radius 1 is 1.27 bits per heavy atom. The standard InChI is InChI=1S/C20H26N4O7S2/c1-4-30-20(27)18-14(13-5-6-13)11-32-19(18)23-15(25)10-31-17(26)7-8-21-33(28,29)16-9-24(3)12(2)22-16/h9,11,13,21H,4-8,10H2,1-3H3,(H,23,25). The van der Waals surface area contributed by atoms with E-state index in [0.717, 1.165) is 18.4 Å². The first-order chi connectivity index (χ1) is 15.6. The molecule has 33 heavy (non-hydrogen) atoms. The molecule has 1 aliphatic carbocycles. The Labute approximate surface area is 195 Å². The zero-order valence-electron chi connectivity index (χ0n) is 18.5. The van der Waals surface area contributed by atoms with Crippen LogP contribution in [0.15, 0.2) is 16.6 Å². The Bertz CT molecular complexity index is 1130. The van der Waals surface area contributed by atoms with E-state index in [-0.39, 0.29) is 24.6 Å². The maximum Gasteiger partial charge on any atom is 0.341 e. The maximum absolute atomic E-state index is 12.3. The Hall–Kier alpha value is -2.77. The van der Waals surface area contributed by atoms with E-state index in [4.69, 9.17) is 9.47 Å². The van der Waals surface area contributed by atoms with Crippen LogP contribution in [-0.4, -0.2) is 55.6 Å². The fourth-order valence-electron chi connectivity index (χ4n) is 2.97. The number of sulfonamides is 1. The second kappa shape index (κ2) is 10.4. The third kappa shape index (κ3) is 6.39. The van der Waals surface area contributed by atoms with Crippen molar-refractivity contribution in [2.24, 2.45) is 7.05 Å². The second-order valence-electron chi connectivity index (χ2n) is 7.48. The number of aryl methyl sites for hydroxylation is 2. The van der Waals surface area contributed by atoms with Crippen LogP contribution in [0.1, 0.15) is 53.8 Å². The van der Waals surface area contributed by atoms with Gasteiger partial charge in [0, 0.05) is 19.8 Å². The van der Waals surface area contributed by atoms with Gasteiger partial charge in [0.05, 0.1) is 18.6 Å². The van der Waals surface area contributed by atoms with E-state index in [0.29, 0.717) is 22.3 Å². The van der Waals surface area contributed by atoms with E-state index in [9.17, 15) is 22.8 Å². The first-order valence-corrected chi connectivity index (χ1v) is 12.7. The lowest BCUT2D eigenvalue weighted by molar-refractivity contribution is -0.147. The van der Waals surface area contributed by atoms with Crippen LogP contribution in [0.3, 0.4) is 0 Å². The highest BCUT2D eigenvalue weighted by Gasteiger charge is 2.32. The fourth-order valence-corrected chi connectivity index (χ4v) is 5.08. The summed E-state index contributed by atoms with van der Waals surface area (Å²) >= 11 is 1.22. The molecule has 0 spiro atoms. The molecule has 1 fully saturated rings. The molecule has 0 radical (unpaired) electrons. The number of nitrogens with zero attached hydrogens (tertiary/aromatic N) is 2. The molecule has 3 rings (SSSR count). The number of imidazole rings is 1. The number of ether oxygens (including phenoxy) is 2. The highest BCUT2D eigenvalue weighted by molar-refractivity contribution is 7.89. The van der Waals surface area contributed by atoms with E-state index >= 15 is 0 Å². The van der Waals surface area contributed by atoms with Crippen molar-refractivity contribution in [3.63, 3.8) is 0 Å². The molecule has 1 saturated carbocycles. The summed E-state index contributed by atoms with van der Waals surface area (Å²) < 4.78 is 38.3. The minimum absolute atomic E-state index is 0.144. The number of hydrogen-bond donors (Lipinski definition) is 2. The first kappa shape index (κ1) is 24.9. The summed E-state index contributed by atoms with van der Waals surface area (Å²) in [6.45, 7) is 2.81. The van der Waals surface area contributed by atoms with E-state index < -0.39 is 34.5 Å². The van der Waals surface area contributed by atoms with E-state index in [1.165, 1.54) is 17.5 Å². The van der Waals surface area contributed by atoms with E-state index in [2.05, 4.69) is 15.0 Å². The largest absolute Gasteiger partial charge is 0.462 e. The highest BCUT2D eigenvalue weighted by atomic mass is 32.2. The van der Waals surface area contributed by atoms with Crippen molar-refractivity contribution in [2.45, 2.75) is 44.1 Å². The lowest BCUT2D eigenvalue weighted by Crippen LogP contribution is -2.28. The highest BCUT2D eigenvalue weighted by Crippen LogP contribution is 2.46. The fraction of sp³-hybridized carbons (Fsp3) is 0.500.